The fraction of sp³-hybridized carbons (Fsp3) is 0.444. The molecular weight excluding hydrogens is 278 g/mol. The zero-order chi connectivity index (χ0) is 15.8. The minimum atomic E-state index is -0.347. The largest absolute Gasteiger partial charge is 0.466 e. The summed E-state index contributed by atoms with van der Waals surface area (Å²) in [5.41, 5.74) is 1.18. The van der Waals surface area contributed by atoms with Gasteiger partial charge in [-0.05, 0) is 31.4 Å². The molecule has 1 atom stereocenters. The summed E-state index contributed by atoms with van der Waals surface area (Å²) in [6, 6.07) is 8.79. The van der Waals surface area contributed by atoms with Crippen LogP contribution in [0.1, 0.15) is 48.9 Å². The van der Waals surface area contributed by atoms with Crippen LogP contribution in [0, 0.1) is 0 Å². The number of hydrogen-bond donors (Lipinski definition) is 1. The highest BCUT2D eigenvalue weighted by Gasteiger charge is 2.24. The summed E-state index contributed by atoms with van der Waals surface area (Å²) in [6.07, 6.45) is 7.88. The van der Waals surface area contributed by atoms with Gasteiger partial charge in [0, 0.05) is 5.56 Å². The Bertz CT molecular complexity index is 537. The number of allylic oxidation sites excluding steroid dienone is 1. The van der Waals surface area contributed by atoms with E-state index in [1.165, 1.54) is 7.11 Å². The smallest absolute Gasteiger partial charge is 0.335 e. The molecule has 4 nitrogen and oxygen atoms in total. The van der Waals surface area contributed by atoms with E-state index in [4.69, 9.17) is 4.74 Å². The Kier molecular flexibility index (Phi) is 6.19. The Labute approximate surface area is 131 Å². The number of methoxy groups -OCH3 is 1. The lowest BCUT2D eigenvalue weighted by atomic mass is 10.00. The van der Waals surface area contributed by atoms with Crippen molar-refractivity contribution in [3.05, 3.63) is 47.5 Å². The molecule has 22 heavy (non-hydrogen) atoms. The molecule has 0 saturated heterocycles. The molecule has 1 aromatic rings. The molecule has 0 aliphatic heterocycles. The maximum absolute atomic E-state index is 12.4. The van der Waals surface area contributed by atoms with Gasteiger partial charge >= 0.3 is 5.97 Å². The van der Waals surface area contributed by atoms with Crippen molar-refractivity contribution in [1.82, 2.24) is 5.32 Å². The minimum absolute atomic E-state index is 0.153. The lowest BCUT2D eigenvalue weighted by Crippen LogP contribution is -2.38. The third-order valence-electron chi connectivity index (χ3n) is 3.95. The number of amides is 1. The van der Waals surface area contributed by atoms with E-state index in [0.717, 1.165) is 38.5 Å². The number of esters is 1. The van der Waals surface area contributed by atoms with Crippen LogP contribution in [-0.4, -0.2) is 25.0 Å². The summed E-state index contributed by atoms with van der Waals surface area (Å²) >= 11 is 0. The van der Waals surface area contributed by atoms with Gasteiger partial charge in [0.25, 0.3) is 5.91 Å². The van der Waals surface area contributed by atoms with Crippen molar-refractivity contribution in [2.75, 3.05) is 7.11 Å². The fourth-order valence-electron chi connectivity index (χ4n) is 2.73. The van der Waals surface area contributed by atoms with Crippen molar-refractivity contribution < 1.29 is 14.3 Å². The third kappa shape index (κ3) is 4.45. The van der Waals surface area contributed by atoms with Crippen LogP contribution >= 0.6 is 0 Å². The number of carbonyl (C=O) groups is 2. The second kappa shape index (κ2) is 8.37. The molecule has 118 valence electrons. The Morgan fingerprint density at radius 3 is 2.55 bits per heavy atom. The molecule has 0 radical (unpaired) electrons. The summed E-state index contributed by atoms with van der Waals surface area (Å²) in [4.78, 5) is 24.4. The lowest BCUT2D eigenvalue weighted by Gasteiger charge is -2.20. The highest BCUT2D eigenvalue weighted by atomic mass is 16.5. The molecule has 0 heterocycles. The maximum Gasteiger partial charge on any atom is 0.335 e. The fourth-order valence-corrected chi connectivity index (χ4v) is 2.73. The topological polar surface area (TPSA) is 55.4 Å². The van der Waals surface area contributed by atoms with Gasteiger partial charge in [-0.25, -0.2) is 4.79 Å². The van der Waals surface area contributed by atoms with Gasteiger partial charge in [-0.15, -0.1) is 0 Å². The van der Waals surface area contributed by atoms with Crippen molar-refractivity contribution in [1.29, 1.82) is 0 Å². The number of hydrogen-bond acceptors (Lipinski definition) is 3. The van der Waals surface area contributed by atoms with Gasteiger partial charge in [0.15, 0.2) is 0 Å². The first-order valence-electron chi connectivity index (χ1n) is 7.86. The molecule has 2 rings (SSSR count). The molecule has 4 heteroatoms. The SMILES string of the molecule is COC(=O)/C1=C/CCCCCC[C@H]1NC(=O)c1ccccc1. The van der Waals surface area contributed by atoms with E-state index in [1.807, 2.05) is 24.3 Å². The first-order valence-corrected chi connectivity index (χ1v) is 7.86. The summed E-state index contributed by atoms with van der Waals surface area (Å²) in [7, 11) is 1.38. The number of rotatable bonds is 3. The number of ether oxygens (including phenoxy) is 1. The molecule has 1 N–H and O–H groups in total. The van der Waals surface area contributed by atoms with E-state index in [-0.39, 0.29) is 17.9 Å². The molecular formula is C18H23NO3. The van der Waals surface area contributed by atoms with Crippen molar-refractivity contribution >= 4 is 11.9 Å². The third-order valence-corrected chi connectivity index (χ3v) is 3.95. The standard InChI is InChI=1S/C18H23NO3/c1-22-18(21)15-12-8-3-2-4-9-13-16(15)19-17(20)14-10-6-5-7-11-14/h5-7,10-12,16H,2-4,8-9,13H2,1H3,(H,19,20)/b15-12+/t16-/m1/s1. The molecule has 0 fully saturated rings. The van der Waals surface area contributed by atoms with E-state index in [9.17, 15) is 9.59 Å². The van der Waals surface area contributed by atoms with Crippen LogP contribution in [0.5, 0.6) is 0 Å². The normalized spacial score (nSPS) is 21.5. The highest BCUT2D eigenvalue weighted by molar-refractivity contribution is 5.96. The Morgan fingerprint density at radius 2 is 1.82 bits per heavy atom. The second-order valence-electron chi connectivity index (χ2n) is 5.53. The van der Waals surface area contributed by atoms with Crippen molar-refractivity contribution in [3.8, 4) is 0 Å². The summed E-state index contributed by atoms with van der Waals surface area (Å²) < 4.78 is 4.89. The van der Waals surface area contributed by atoms with Crippen LogP contribution in [0.4, 0.5) is 0 Å². The van der Waals surface area contributed by atoms with Crippen molar-refractivity contribution in [2.24, 2.45) is 0 Å². The lowest BCUT2D eigenvalue weighted by molar-refractivity contribution is -0.136. The second-order valence-corrected chi connectivity index (χ2v) is 5.53. The van der Waals surface area contributed by atoms with Crippen LogP contribution in [0.3, 0.4) is 0 Å². The summed E-state index contributed by atoms with van der Waals surface area (Å²) in [5, 5.41) is 2.99. The van der Waals surface area contributed by atoms with E-state index >= 15 is 0 Å². The molecule has 0 saturated carbocycles. The van der Waals surface area contributed by atoms with Gasteiger partial charge in [0.1, 0.15) is 0 Å². The van der Waals surface area contributed by atoms with Crippen LogP contribution in [-0.2, 0) is 9.53 Å². The van der Waals surface area contributed by atoms with Crippen molar-refractivity contribution in [3.63, 3.8) is 0 Å². The van der Waals surface area contributed by atoms with Crippen LogP contribution in [0.25, 0.3) is 0 Å². The first-order chi connectivity index (χ1) is 10.7. The average molecular weight is 301 g/mol. The molecule has 1 aliphatic rings. The monoisotopic (exact) mass is 301 g/mol. The van der Waals surface area contributed by atoms with E-state index < -0.39 is 0 Å². The minimum Gasteiger partial charge on any atom is -0.466 e. The van der Waals surface area contributed by atoms with E-state index in [1.54, 1.807) is 12.1 Å². The van der Waals surface area contributed by atoms with Crippen LogP contribution in [0.15, 0.2) is 42.0 Å². The quantitative estimate of drug-likeness (QED) is 0.872. The molecule has 1 aliphatic carbocycles. The zero-order valence-electron chi connectivity index (χ0n) is 13.0. The van der Waals surface area contributed by atoms with Gasteiger partial charge in [-0.1, -0.05) is 43.5 Å². The van der Waals surface area contributed by atoms with E-state index in [0.29, 0.717) is 11.1 Å². The summed E-state index contributed by atoms with van der Waals surface area (Å²) in [6.45, 7) is 0. The van der Waals surface area contributed by atoms with Crippen LogP contribution < -0.4 is 5.32 Å². The van der Waals surface area contributed by atoms with Gasteiger partial charge in [0.05, 0.1) is 18.7 Å². The predicted molar refractivity (Wildman–Crippen MR) is 85.5 cm³/mol. The molecule has 1 amide bonds. The van der Waals surface area contributed by atoms with Crippen LogP contribution in [0.2, 0.25) is 0 Å². The molecule has 0 spiro atoms. The molecule has 0 aromatic heterocycles. The molecule has 1 aromatic carbocycles. The predicted octanol–water partition coefficient (Wildman–Crippen LogP) is 3.24. The maximum atomic E-state index is 12.4. The Balaban J connectivity index is 2.16. The molecule has 0 unspecified atom stereocenters. The number of carbonyl (C=O) groups excluding carboxylic acids is 2. The highest BCUT2D eigenvalue weighted by Crippen LogP contribution is 2.19. The Morgan fingerprint density at radius 1 is 1.09 bits per heavy atom. The Hall–Kier alpha value is -2.10. The summed E-state index contributed by atoms with van der Waals surface area (Å²) in [5.74, 6) is -0.500. The number of benzene rings is 1. The molecule has 0 bridgehead atoms. The first kappa shape index (κ1) is 16.3. The van der Waals surface area contributed by atoms with Crippen molar-refractivity contribution in [2.45, 2.75) is 44.6 Å². The van der Waals surface area contributed by atoms with Gasteiger partial charge in [-0.3, -0.25) is 4.79 Å². The van der Waals surface area contributed by atoms with Gasteiger partial charge < -0.3 is 10.1 Å². The van der Waals surface area contributed by atoms with Gasteiger partial charge in [0.2, 0.25) is 0 Å². The average Bonchev–Trinajstić information content (AvgIpc) is 2.67. The van der Waals surface area contributed by atoms with Gasteiger partial charge in [-0.2, -0.15) is 0 Å². The van der Waals surface area contributed by atoms with E-state index in [2.05, 4.69) is 5.32 Å². The zero-order valence-corrected chi connectivity index (χ0v) is 13.0. The number of nitrogens with one attached hydrogen (secondary N) is 1.